The van der Waals surface area contributed by atoms with Gasteiger partial charge in [0.15, 0.2) is 0 Å². The van der Waals surface area contributed by atoms with Crippen LogP contribution in [0.3, 0.4) is 0 Å². The Morgan fingerprint density at radius 3 is 2.57 bits per heavy atom. The van der Waals surface area contributed by atoms with E-state index in [0.717, 1.165) is 19.4 Å². The third-order valence-electron chi connectivity index (χ3n) is 2.57. The van der Waals surface area contributed by atoms with Crippen molar-refractivity contribution in [2.45, 2.75) is 13.5 Å². The smallest absolute Gasteiger partial charge is 0.411 e. The molecule has 4 nitrogen and oxygen atoms in total. The second kappa shape index (κ2) is 7.68. The summed E-state index contributed by atoms with van der Waals surface area (Å²) in [5.74, 6) is 0. The first-order valence-corrected chi connectivity index (χ1v) is 8.28. The summed E-state index contributed by atoms with van der Waals surface area (Å²) in [7, 11) is 0. The first-order valence-electron chi connectivity index (χ1n) is 6.30. The van der Waals surface area contributed by atoms with Crippen LogP contribution in [0.1, 0.15) is 11.8 Å². The molecule has 2 aromatic rings. The lowest BCUT2D eigenvalue weighted by Crippen LogP contribution is -2.13. The third kappa shape index (κ3) is 4.91. The monoisotopic (exact) mass is 388 g/mol. The molecular formula is C14H14BrClN2O2S. The van der Waals surface area contributed by atoms with E-state index in [0.29, 0.717) is 18.8 Å². The van der Waals surface area contributed by atoms with E-state index >= 15 is 0 Å². The van der Waals surface area contributed by atoms with Crippen LogP contribution < -0.4 is 10.6 Å². The maximum atomic E-state index is 11.3. The molecule has 1 heterocycles. The molecule has 0 aliphatic rings. The number of thiophene rings is 1. The average molecular weight is 390 g/mol. The van der Waals surface area contributed by atoms with Crippen LogP contribution in [0, 0.1) is 0 Å². The standard InChI is InChI=1S/C14H14BrClN2O2S/c1-2-20-14(19)18-10-5-3-9(4-6-10)17-8-11-7-12(15)13(16)21-11/h3-7,17H,2,8H2,1H3,(H,18,19). The Morgan fingerprint density at radius 1 is 1.33 bits per heavy atom. The summed E-state index contributed by atoms with van der Waals surface area (Å²) in [4.78, 5) is 12.4. The van der Waals surface area contributed by atoms with E-state index in [-0.39, 0.29) is 0 Å². The van der Waals surface area contributed by atoms with Gasteiger partial charge in [0.1, 0.15) is 4.34 Å². The van der Waals surface area contributed by atoms with E-state index in [2.05, 4.69) is 26.6 Å². The predicted octanol–water partition coefficient (Wildman–Crippen LogP) is 5.34. The molecule has 0 aliphatic carbocycles. The lowest BCUT2D eigenvalue weighted by Gasteiger charge is -2.07. The highest BCUT2D eigenvalue weighted by Gasteiger charge is 2.05. The molecule has 0 saturated heterocycles. The van der Waals surface area contributed by atoms with E-state index in [4.69, 9.17) is 16.3 Å². The molecule has 21 heavy (non-hydrogen) atoms. The van der Waals surface area contributed by atoms with Crippen LogP contribution in [-0.4, -0.2) is 12.7 Å². The maximum absolute atomic E-state index is 11.3. The van der Waals surface area contributed by atoms with Gasteiger partial charge in [0.25, 0.3) is 0 Å². The molecular weight excluding hydrogens is 376 g/mol. The van der Waals surface area contributed by atoms with Gasteiger partial charge in [-0.1, -0.05) is 11.6 Å². The number of hydrogen-bond acceptors (Lipinski definition) is 4. The van der Waals surface area contributed by atoms with Gasteiger partial charge in [-0.05, 0) is 53.2 Å². The van der Waals surface area contributed by atoms with Gasteiger partial charge in [-0.3, -0.25) is 5.32 Å². The van der Waals surface area contributed by atoms with Crippen LogP contribution in [0.15, 0.2) is 34.8 Å². The molecule has 0 radical (unpaired) electrons. The molecule has 0 saturated carbocycles. The van der Waals surface area contributed by atoms with Gasteiger partial charge in [0.2, 0.25) is 0 Å². The van der Waals surface area contributed by atoms with E-state index in [9.17, 15) is 4.79 Å². The summed E-state index contributed by atoms with van der Waals surface area (Å²) < 4.78 is 6.48. The molecule has 1 aromatic heterocycles. The van der Waals surface area contributed by atoms with Crippen LogP contribution >= 0.6 is 38.9 Å². The number of carbonyl (C=O) groups is 1. The van der Waals surface area contributed by atoms with Crippen molar-refractivity contribution in [2.75, 3.05) is 17.2 Å². The van der Waals surface area contributed by atoms with Gasteiger partial charge in [-0.25, -0.2) is 4.79 Å². The number of hydrogen-bond donors (Lipinski definition) is 2. The Labute approximate surface area is 140 Å². The number of nitrogens with one attached hydrogen (secondary N) is 2. The van der Waals surface area contributed by atoms with Crippen molar-refractivity contribution in [3.8, 4) is 0 Å². The molecule has 0 aliphatic heterocycles. The molecule has 7 heteroatoms. The lowest BCUT2D eigenvalue weighted by molar-refractivity contribution is 0.168. The summed E-state index contributed by atoms with van der Waals surface area (Å²) in [5, 5.41) is 5.94. The Bertz CT molecular complexity index is 596. The molecule has 2 rings (SSSR count). The molecule has 0 bridgehead atoms. The topological polar surface area (TPSA) is 50.4 Å². The van der Waals surface area contributed by atoms with Crippen molar-refractivity contribution < 1.29 is 9.53 Å². The summed E-state index contributed by atoms with van der Waals surface area (Å²) in [6, 6.07) is 9.42. The van der Waals surface area contributed by atoms with Gasteiger partial charge in [0.05, 0.1) is 6.61 Å². The normalized spacial score (nSPS) is 10.2. The zero-order valence-electron chi connectivity index (χ0n) is 11.3. The van der Waals surface area contributed by atoms with E-state index in [1.165, 1.54) is 11.3 Å². The second-order valence-electron chi connectivity index (χ2n) is 4.11. The fourth-order valence-corrected chi connectivity index (χ4v) is 3.35. The van der Waals surface area contributed by atoms with Crippen molar-refractivity contribution in [3.63, 3.8) is 0 Å². The molecule has 2 N–H and O–H groups in total. The van der Waals surface area contributed by atoms with Crippen molar-refractivity contribution >= 4 is 56.3 Å². The Kier molecular flexibility index (Phi) is 5.90. The van der Waals surface area contributed by atoms with Crippen molar-refractivity contribution in [1.82, 2.24) is 0 Å². The highest BCUT2D eigenvalue weighted by atomic mass is 79.9. The van der Waals surface area contributed by atoms with Gasteiger partial charge < -0.3 is 10.1 Å². The van der Waals surface area contributed by atoms with Crippen LogP contribution in [0.25, 0.3) is 0 Å². The molecule has 112 valence electrons. The number of ether oxygens (including phenoxy) is 1. The van der Waals surface area contributed by atoms with Crippen LogP contribution in [0.2, 0.25) is 4.34 Å². The minimum Gasteiger partial charge on any atom is -0.450 e. The highest BCUT2D eigenvalue weighted by molar-refractivity contribution is 9.10. The van der Waals surface area contributed by atoms with Crippen molar-refractivity contribution in [3.05, 3.63) is 44.0 Å². The van der Waals surface area contributed by atoms with Crippen LogP contribution in [-0.2, 0) is 11.3 Å². The number of amides is 1. The second-order valence-corrected chi connectivity index (χ2v) is 6.70. The quantitative estimate of drug-likeness (QED) is 0.725. The molecule has 0 unspecified atom stereocenters. The third-order valence-corrected chi connectivity index (χ3v) is 5.04. The molecule has 0 atom stereocenters. The lowest BCUT2D eigenvalue weighted by atomic mass is 10.3. The Balaban J connectivity index is 1.88. The SMILES string of the molecule is CCOC(=O)Nc1ccc(NCc2cc(Br)c(Cl)s2)cc1. The maximum Gasteiger partial charge on any atom is 0.411 e. The zero-order chi connectivity index (χ0) is 15.2. The minimum absolute atomic E-state index is 0.352. The molecule has 0 spiro atoms. The van der Waals surface area contributed by atoms with E-state index in [1.807, 2.05) is 30.3 Å². The summed E-state index contributed by atoms with van der Waals surface area (Å²) in [6.45, 7) is 2.81. The van der Waals surface area contributed by atoms with Crippen LogP contribution in [0.4, 0.5) is 16.2 Å². The predicted molar refractivity (Wildman–Crippen MR) is 91.4 cm³/mol. The van der Waals surface area contributed by atoms with Gasteiger partial charge in [-0.2, -0.15) is 0 Å². The summed E-state index contributed by atoms with van der Waals surface area (Å²) in [6.07, 6.45) is -0.448. The number of benzene rings is 1. The zero-order valence-corrected chi connectivity index (χ0v) is 14.4. The van der Waals surface area contributed by atoms with Gasteiger partial charge in [-0.15, -0.1) is 11.3 Å². The highest BCUT2D eigenvalue weighted by Crippen LogP contribution is 2.32. The number of halogens is 2. The van der Waals surface area contributed by atoms with Crippen molar-refractivity contribution in [2.24, 2.45) is 0 Å². The average Bonchev–Trinajstić information content (AvgIpc) is 2.77. The largest absolute Gasteiger partial charge is 0.450 e. The number of anilines is 2. The number of carbonyl (C=O) groups excluding carboxylic acids is 1. The Morgan fingerprint density at radius 2 is 2.00 bits per heavy atom. The Hall–Kier alpha value is -1.24. The summed E-state index contributed by atoms with van der Waals surface area (Å²) >= 11 is 10.9. The van der Waals surface area contributed by atoms with Crippen LogP contribution in [0.5, 0.6) is 0 Å². The molecule has 0 fully saturated rings. The first-order chi connectivity index (χ1) is 10.1. The van der Waals surface area contributed by atoms with E-state index < -0.39 is 6.09 Å². The molecule has 1 amide bonds. The van der Waals surface area contributed by atoms with E-state index in [1.54, 1.807) is 6.92 Å². The van der Waals surface area contributed by atoms with Crippen molar-refractivity contribution in [1.29, 1.82) is 0 Å². The first kappa shape index (κ1) is 16.1. The fraction of sp³-hybridized carbons (Fsp3) is 0.214. The summed E-state index contributed by atoms with van der Waals surface area (Å²) in [5.41, 5.74) is 1.66. The number of rotatable bonds is 5. The molecule has 1 aromatic carbocycles. The van der Waals surface area contributed by atoms with Gasteiger partial charge in [0, 0.05) is 27.3 Å². The van der Waals surface area contributed by atoms with Gasteiger partial charge >= 0.3 is 6.09 Å². The minimum atomic E-state index is -0.448. The fourth-order valence-electron chi connectivity index (χ4n) is 1.62.